The van der Waals surface area contributed by atoms with Crippen molar-refractivity contribution in [3.05, 3.63) is 65.6 Å². The van der Waals surface area contributed by atoms with E-state index in [-0.39, 0.29) is 18.3 Å². The lowest BCUT2D eigenvalue weighted by molar-refractivity contribution is -0.137. The minimum atomic E-state index is -4.46. The van der Waals surface area contributed by atoms with Crippen LogP contribution in [0.4, 0.5) is 19.0 Å². The van der Waals surface area contributed by atoms with Gasteiger partial charge >= 0.3 is 6.18 Å². The number of carbonyl (C=O) groups is 1. The maximum absolute atomic E-state index is 13.7. The summed E-state index contributed by atoms with van der Waals surface area (Å²) in [7, 11) is 0. The second-order valence-electron chi connectivity index (χ2n) is 8.83. The van der Waals surface area contributed by atoms with Gasteiger partial charge in [-0.3, -0.25) is 9.20 Å². The zero-order valence-electron chi connectivity index (χ0n) is 17.9. The number of rotatable bonds is 4. The summed E-state index contributed by atoms with van der Waals surface area (Å²) < 4.78 is 46.8. The molecule has 1 unspecified atom stereocenters. The van der Waals surface area contributed by atoms with E-state index in [0.29, 0.717) is 46.0 Å². The number of halogens is 3. The predicted molar refractivity (Wildman–Crippen MR) is 118 cm³/mol. The summed E-state index contributed by atoms with van der Waals surface area (Å²) >= 11 is 0. The van der Waals surface area contributed by atoms with Gasteiger partial charge in [0, 0.05) is 17.7 Å². The molecule has 34 heavy (non-hydrogen) atoms. The zero-order valence-corrected chi connectivity index (χ0v) is 17.9. The second kappa shape index (κ2) is 7.34. The van der Waals surface area contributed by atoms with Gasteiger partial charge in [0.2, 0.25) is 0 Å². The molecular formula is C24H20F3N5O2. The quantitative estimate of drug-likeness (QED) is 0.479. The molecule has 1 atom stereocenters. The van der Waals surface area contributed by atoms with Gasteiger partial charge in [0.1, 0.15) is 23.7 Å². The number of benzene rings is 2. The van der Waals surface area contributed by atoms with Crippen molar-refractivity contribution in [2.24, 2.45) is 5.92 Å². The second-order valence-corrected chi connectivity index (χ2v) is 8.83. The van der Waals surface area contributed by atoms with Crippen LogP contribution in [-0.4, -0.2) is 38.3 Å². The molecule has 7 nitrogen and oxygen atoms in total. The molecule has 1 aliphatic heterocycles. The van der Waals surface area contributed by atoms with Crippen LogP contribution in [-0.2, 0) is 6.18 Å². The van der Waals surface area contributed by atoms with Crippen molar-refractivity contribution in [2.75, 3.05) is 18.9 Å². The fourth-order valence-corrected chi connectivity index (χ4v) is 4.53. The zero-order chi connectivity index (χ0) is 23.6. The number of hydrogen-bond donors (Lipinski definition) is 1. The van der Waals surface area contributed by atoms with Crippen LogP contribution in [0.2, 0.25) is 0 Å². The summed E-state index contributed by atoms with van der Waals surface area (Å²) in [6, 6.07) is 8.21. The molecule has 0 spiro atoms. The number of fused-ring (bicyclic) bond motifs is 4. The van der Waals surface area contributed by atoms with Gasteiger partial charge < -0.3 is 15.4 Å². The summed E-state index contributed by atoms with van der Waals surface area (Å²) in [5.74, 6) is 0.689. The molecule has 1 saturated carbocycles. The number of amides is 1. The minimum Gasteiger partial charge on any atom is -0.491 e. The predicted octanol–water partition coefficient (Wildman–Crippen LogP) is 4.47. The van der Waals surface area contributed by atoms with Crippen molar-refractivity contribution >= 4 is 28.3 Å². The van der Waals surface area contributed by atoms with Crippen molar-refractivity contribution in [1.82, 2.24) is 19.3 Å². The molecule has 1 fully saturated rings. The van der Waals surface area contributed by atoms with Gasteiger partial charge in [-0.25, -0.2) is 9.97 Å². The fraction of sp³-hybridized carbons (Fsp3) is 0.292. The third-order valence-electron chi connectivity index (χ3n) is 6.51. The molecule has 2 N–H and O–H groups in total. The fourth-order valence-electron chi connectivity index (χ4n) is 4.53. The first-order valence-corrected chi connectivity index (χ1v) is 11.0. The van der Waals surface area contributed by atoms with Crippen LogP contribution in [0.15, 0.2) is 48.9 Å². The van der Waals surface area contributed by atoms with Gasteiger partial charge in [0.25, 0.3) is 5.91 Å². The number of ether oxygens (including phenoxy) is 1. The monoisotopic (exact) mass is 467 g/mol. The number of aromatic nitrogens is 3. The molecule has 10 heteroatoms. The van der Waals surface area contributed by atoms with Crippen LogP contribution in [0.5, 0.6) is 5.75 Å². The van der Waals surface area contributed by atoms with E-state index in [4.69, 9.17) is 10.5 Å². The molecule has 2 aromatic carbocycles. The van der Waals surface area contributed by atoms with Crippen LogP contribution in [0.3, 0.4) is 0 Å². The van der Waals surface area contributed by atoms with Crippen molar-refractivity contribution < 1.29 is 22.7 Å². The van der Waals surface area contributed by atoms with Gasteiger partial charge in [-0.2, -0.15) is 13.2 Å². The molecule has 1 aliphatic carbocycles. The van der Waals surface area contributed by atoms with E-state index in [9.17, 15) is 18.0 Å². The molecule has 6 rings (SSSR count). The van der Waals surface area contributed by atoms with Crippen molar-refractivity contribution in [3.8, 4) is 5.75 Å². The average Bonchev–Trinajstić information content (AvgIpc) is 3.31. The van der Waals surface area contributed by atoms with Crippen LogP contribution in [0.1, 0.15) is 40.4 Å². The van der Waals surface area contributed by atoms with Gasteiger partial charge in [0.05, 0.1) is 35.2 Å². The van der Waals surface area contributed by atoms with E-state index < -0.39 is 17.8 Å². The minimum absolute atomic E-state index is 0.118. The summed E-state index contributed by atoms with van der Waals surface area (Å²) in [6.45, 7) is 0.637. The Balaban J connectivity index is 1.39. The van der Waals surface area contributed by atoms with Crippen molar-refractivity contribution in [2.45, 2.75) is 25.1 Å². The highest BCUT2D eigenvalue weighted by atomic mass is 19.4. The Hall–Kier alpha value is -3.82. The lowest BCUT2D eigenvalue weighted by Crippen LogP contribution is -2.37. The van der Waals surface area contributed by atoms with E-state index in [2.05, 4.69) is 9.97 Å². The molecular weight excluding hydrogens is 447 g/mol. The Morgan fingerprint density at radius 1 is 1.18 bits per heavy atom. The lowest BCUT2D eigenvalue weighted by Gasteiger charge is -2.29. The van der Waals surface area contributed by atoms with Crippen molar-refractivity contribution in [1.29, 1.82) is 0 Å². The van der Waals surface area contributed by atoms with Crippen LogP contribution in [0, 0.1) is 5.92 Å². The van der Waals surface area contributed by atoms with Gasteiger partial charge in [-0.05, 0) is 49.1 Å². The number of nitrogen functional groups attached to an aromatic ring is 1. The molecule has 1 amide bonds. The highest BCUT2D eigenvalue weighted by molar-refractivity contribution is 5.98. The Kier molecular flexibility index (Phi) is 4.48. The number of alkyl halides is 3. The largest absolute Gasteiger partial charge is 0.491 e. The summed E-state index contributed by atoms with van der Waals surface area (Å²) in [4.78, 5) is 24.0. The van der Waals surface area contributed by atoms with Gasteiger partial charge in [-0.1, -0.05) is 6.07 Å². The van der Waals surface area contributed by atoms with Crippen LogP contribution < -0.4 is 10.5 Å². The molecule has 2 aromatic heterocycles. The maximum Gasteiger partial charge on any atom is 0.416 e. The van der Waals surface area contributed by atoms with Gasteiger partial charge in [-0.15, -0.1) is 0 Å². The lowest BCUT2D eigenvalue weighted by atomic mass is 10.0. The number of imidazole rings is 1. The molecule has 3 heterocycles. The first-order valence-electron chi connectivity index (χ1n) is 11.0. The molecule has 4 aromatic rings. The number of hydrogen-bond acceptors (Lipinski definition) is 5. The topological polar surface area (TPSA) is 85.8 Å². The van der Waals surface area contributed by atoms with Crippen LogP contribution in [0.25, 0.3) is 16.6 Å². The van der Waals surface area contributed by atoms with E-state index in [1.165, 1.54) is 6.07 Å². The SMILES string of the molecule is Nc1nc2ccc(C(=O)N(CC3CC3)C3COc4cc(C(F)(F)F)ccc43)cc2n2cncc12. The Bertz CT molecular complexity index is 1440. The Morgan fingerprint density at radius 3 is 2.76 bits per heavy atom. The molecule has 0 radical (unpaired) electrons. The maximum atomic E-state index is 13.7. The summed E-state index contributed by atoms with van der Waals surface area (Å²) in [5.41, 5.74) is 8.25. The molecule has 174 valence electrons. The molecule has 0 bridgehead atoms. The van der Waals surface area contributed by atoms with E-state index in [1.54, 1.807) is 40.0 Å². The third-order valence-corrected chi connectivity index (χ3v) is 6.51. The number of nitrogens with zero attached hydrogens (tertiary/aromatic N) is 4. The Morgan fingerprint density at radius 2 is 2.00 bits per heavy atom. The van der Waals surface area contributed by atoms with E-state index in [0.717, 1.165) is 25.0 Å². The Labute approximate surface area is 192 Å². The number of carbonyl (C=O) groups excluding carboxylic acids is 1. The van der Waals surface area contributed by atoms with E-state index in [1.807, 2.05) is 0 Å². The third kappa shape index (κ3) is 3.41. The molecule has 2 aliphatic rings. The van der Waals surface area contributed by atoms with Crippen molar-refractivity contribution in [3.63, 3.8) is 0 Å². The highest BCUT2D eigenvalue weighted by Gasteiger charge is 2.39. The summed E-state index contributed by atoms with van der Waals surface area (Å²) in [5, 5.41) is 0. The summed E-state index contributed by atoms with van der Waals surface area (Å²) in [6.07, 6.45) is 0.811. The molecule has 0 saturated heterocycles. The first-order chi connectivity index (χ1) is 16.3. The number of nitrogens with two attached hydrogens (primary N) is 1. The normalized spacial score (nSPS) is 17.7. The van der Waals surface area contributed by atoms with Gasteiger partial charge in [0.15, 0.2) is 0 Å². The standard InChI is InChI=1S/C24H20F3N5O2/c25-24(26,27)15-4-5-16-20(11-34-21(16)8-15)31(10-13-1-2-13)23(33)14-3-6-17-18(7-14)32-12-29-9-19(32)22(28)30-17/h3-9,12-13,20H,1-2,10-11H2,(H2,28,30). The average molecular weight is 467 g/mol. The number of anilines is 1. The smallest absolute Gasteiger partial charge is 0.416 e. The van der Waals surface area contributed by atoms with E-state index >= 15 is 0 Å². The highest BCUT2D eigenvalue weighted by Crippen LogP contribution is 2.42. The van der Waals surface area contributed by atoms with Crippen LogP contribution >= 0.6 is 0 Å². The first kappa shape index (κ1) is 20.8.